The van der Waals surface area contributed by atoms with Gasteiger partial charge in [-0.25, -0.2) is 14.2 Å². The molecule has 0 aliphatic rings. The number of hydrogen-bond acceptors (Lipinski definition) is 3. The summed E-state index contributed by atoms with van der Waals surface area (Å²) in [5.74, 6) is -1.42. The molecule has 6 heteroatoms. The number of imidazole rings is 1. The van der Waals surface area contributed by atoms with Gasteiger partial charge in [0.05, 0.1) is 18.6 Å². The largest absolute Gasteiger partial charge is 0.477 e. The SMILES string of the molecule is Cc1ncn(Cc2c(C(=O)O)sc3cccc(F)c23)c1C. The van der Waals surface area contributed by atoms with E-state index in [4.69, 9.17) is 0 Å². The first-order valence-electron chi connectivity index (χ1n) is 6.40. The molecule has 2 heterocycles. The predicted molar refractivity (Wildman–Crippen MR) is 79.5 cm³/mol. The van der Waals surface area contributed by atoms with E-state index in [-0.39, 0.29) is 10.7 Å². The number of carbonyl (C=O) groups is 1. The molecule has 108 valence electrons. The van der Waals surface area contributed by atoms with Crippen LogP contribution in [0, 0.1) is 19.7 Å². The summed E-state index contributed by atoms with van der Waals surface area (Å²) in [7, 11) is 0. The molecule has 0 saturated carbocycles. The standard InChI is InChI=1S/C15H13FN2O2S/c1-8-9(2)18(7-17-8)6-10-13-11(16)4-3-5-12(13)21-14(10)15(19)20/h3-5,7H,6H2,1-2H3,(H,19,20). The quantitative estimate of drug-likeness (QED) is 0.804. The lowest BCUT2D eigenvalue weighted by molar-refractivity contribution is 0.0701. The zero-order chi connectivity index (χ0) is 15.1. The van der Waals surface area contributed by atoms with Crippen molar-refractivity contribution < 1.29 is 14.3 Å². The highest BCUT2D eigenvalue weighted by molar-refractivity contribution is 7.21. The van der Waals surface area contributed by atoms with Crippen molar-refractivity contribution in [2.75, 3.05) is 0 Å². The molecule has 0 saturated heterocycles. The number of aromatic nitrogens is 2. The number of fused-ring (bicyclic) bond motifs is 1. The maximum absolute atomic E-state index is 14.1. The number of thiophene rings is 1. The lowest BCUT2D eigenvalue weighted by Crippen LogP contribution is -2.05. The van der Waals surface area contributed by atoms with Crippen LogP contribution < -0.4 is 0 Å². The van der Waals surface area contributed by atoms with Crippen molar-refractivity contribution in [1.29, 1.82) is 0 Å². The van der Waals surface area contributed by atoms with Gasteiger partial charge in [0.2, 0.25) is 0 Å². The van der Waals surface area contributed by atoms with Crippen molar-refractivity contribution in [3.63, 3.8) is 0 Å². The van der Waals surface area contributed by atoms with Crippen molar-refractivity contribution in [3.05, 3.63) is 52.2 Å². The van der Waals surface area contributed by atoms with Gasteiger partial charge in [0.1, 0.15) is 10.7 Å². The molecule has 0 unspecified atom stereocenters. The van der Waals surface area contributed by atoms with Gasteiger partial charge in [-0.2, -0.15) is 0 Å². The number of benzene rings is 1. The summed E-state index contributed by atoms with van der Waals surface area (Å²) in [6.07, 6.45) is 1.65. The monoisotopic (exact) mass is 304 g/mol. The third kappa shape index (κ3) is 2.21. The minimum Gasteiger partial charge on any atom is -0.477 e. The number of carboxylic acids is 1. The summed E-state index contributed by atoms with van der Waals surface area (Å²) >= 11 is 1.10. The van der Waals surface area contributed by atoms with E-state index in [1.807, 2.05) is 18.4 Å². The molecule has 1 N–H and O–H groups in total. The normalized spacial score (nSPS) is 11.2. The van der Waals surface area contributed by atoms with Crippen LogP contribution in [-0.2, 0) is 6.54 Å². The molecule has 1 aromatic carbocycles. The molecule has 0 atom stereocenters. The van der Waals surface area contributed by atoms with Gasteiger partial charge in [0, 0.05) is 21.3 Å². The summed E-state index contributed by atoms with van der Waals surface area (Å²) in [5.41, 5.74) is 2.33. The lowest BCUT2D eigenvalue weighted by Gasteiger charge is -2.07. The van der Waals surface area contributed by atoms with Crippen LogP contribution in [0.3, 0.4) is 0 Å². The molecule has 0 spiro atoms. The van der Waals surface area contributed by atoms with Crippen molar-refractivity contribution in [2.24, 2.45) is 0 Å². The van der Waals surface area contributed by atoms with Crippen LogP contribution in [-0.4, -0.2) is 20.6 Å². The molecule has 0 radical (unpaired) electrons. The zero-order valence-electron chi connectivity index (χ0n) is 11.6. The van der Waals surface area contributed by atoms with Crippen LogP contribution in [0.25, 0.3) is 10.1 Å². The Labute approximate surface area is 124 Å². The Morgan fingerprint density at radius 1 is 1.43 bits per heavy atom. The van der Waals surface area contributed by atoms with Crippen molar-refractivity contribution in [3.8, 4) is 0 Å². The van der Waals surface area contributed by atoms with Gasteiger partial charge < -0.3 is 9.67 Å². The van der Waals surface area contributed by atoms with Gasteiger partial charge in [-0.3, -0.25) is 0 Å². The highest BCUT2D eigenvalue weighted by atomic mass is 32.1. The molecule has 0 aliphatic carbocycles. The molecule has 21 heavy (non-hydrogen) atoms. The Bertz CT molecular complexity index is 851. The molecular formula is C15H13FN2O2S. The highest BCUT2D eigenvalue weighted by Crippen LogP contribution is 2.34. The summed E-state index contributed by atoms with van der Waals surface area (Å²) in [4.78, 5) is 15.8. The van der Waals surface area contributed by atoms with Crippen molar-refractivity contribution in [1.82, 2.24) is 9.55 Å². The van der Waals surface area contributed by atoms with Crippen LogP contribution in [0.15, 0.2) is 24.5 Å². The van der Waals surface area contributed by atoms with Crippen LogP contribution in [0.4, 0.5) is 4.39 Å². The van der Waals surface area contributed by atoms with Gasteiger partial charge in [-0.1, -0.05) is 6.07 Å². The van der Waals surface area contributed by atoms with Crippen molar-refractivity contribution >= 4 is 27.4 Å². The van der Waals surface area contributed by atoms with E-state index < -0.39 is 5.97 Å². The first kappa shape index (κ1) is 13.8. The third-order valence-corrected chi connectivity index (χ3v) is 4.82. The number of carboxylic acid groups (broad SMARTS) is 1. The maximum Gasteiger partial charge on any atom is 0.346 e. The van der Waals surface area contributed by atoms with E-state index in [1.165, 1.54) is 6.07 Å². The number of nitrogens with zero attached hydrogens (tertiary/aromatic N) is 2. The lowest BCUT2D eigenvalue weighted by atomic mass is 10.1. The van der Waals surface area contributed by atoms with Crippen LogP contribution in [0.5, 0.6) is 0 Å². The number of rotatable bonds is 3. The number of aryl methyl sites for hydroxylation is 1. The van der Waals surface area contributed by atoms with Gasteiger partial charge in [-0.05, 0) is 26.0 Å². The predicted octanol–water partition coefficient (Wildman–Crippen LogP) is 3.60. The molecule has 3 aromatic rings. The van der Waals surface area contributed by atoms with Gasteiger partial charge in [0.15, 0.2) is 0 Å². The molecule has 0 bridgehead atoms. The first-order valence-corrected chi connectivity index (χ1v) is 7.22. The maximum atomic E-state index is 14.1. The van der Waals surface area contributed by atoms with Crippen LogP contribution in [0.1, 0.15) is 26.6 Å². The second-order valence-electron chi connectivity index (χ2n) is 4.87. The minimum absolute atomic E-state index is 0.181. The number of aromatic carboxylic acids is 1. The Morgan fingerprint density at radius 2 is 2.19 bits per heavy atom. The number of halogens is 1. The molecular weight excluding hydrogens is 291 g/mol. The van der Waals surface area contributed by atoms with E-state index in [1.54, 1.807) is 18.5 Å². The van der Waals surface area contributed by atoms with Gasteiger partial charge in [0.25, 0.3) is 0 Å². The summed E-state index contributed by atoms with van der Waals surface area (Å²) in [6, 6.07) is 4.69. The second-order valence-corrected chi connectivity index (χ2v) is 5.92. The van der Waals surface area contributed by atoms with Crippen LogP contribution >= 0.6 is 11.3 Å². The van der Waals surface area contributed by atoms with E-state index in [0.717, 1.165) is 22.7 Å². The van der Waals surface area contributed by atoms with E-state index in [0.29, 0.717) is 22.2 Å². The second kappa shape index (κ2) is 4.96. The Morgan fingerprint density at radius 3 is 2.81 bits per heavy atom. The Hall–Kier alpha value is -2.21. The molecule has 4 nitrogen and oxygen atoms in total. The molecule has 0 amide bonds. The van der Waals surface area contributed by atoms with Gasteiger partial charge >= 0.3 is 5.97 Å². The van der Waals surface area contributed by atoms with Crippen LogP contribution in [0.2, 0.25) is 0 Å². The molecule has 0 fully saturated rings. The zero-order valence-corrected chi connectivity index (χ0v) is 12.4. The van der Waals surface area contributed by atoms with E-state index >= 15 is 0 Å². The summed E-state index contributed by atoms with van der Waals surface area (Å²) in [5, 5.41) is 9.77. The fourth-order valence-electron chi connectivity index (χ4n) is 2.36. The van der Waals surface area contributed by atoms with E-state index in [2.05, 4.69) is 4.98 Å². The smallest absolute Gasteiger partial charge is 0.346 e. The Kier molecular flexibility index (Phi) is 3.25. The average molecular weight is 304 g/mol. The topological polar surface area (TPSA) is 55.1 Å². The minimum atomic E-state index is -1.03. The Balaban J connectivity index is 2.22. The summed E-state index contributed by atoms with van der Waals surface area (Å²) < 4.78 is 16.6. The van der Waals surface area contributed by atoms with Crippen molar-refractivity contribution in [2.45, 2.75) is 20.4 Å². The fraction of sp³-hybridized carbons (Fsp3) is 0.200. The van der Waals surface area contributed by atoms with E-state index in [9.17, 15) is 14.3 Å². The molecule has 0 aliphatic heterocycles. The first-order chi connectivity index (χ1) is 9.99. The third-order valence-electron chi connectivity index (χ3n) is 3.63. The molecule has 2 aromatic heterocycles. The average Bonchev–Trinajstić information content (AvgIpc) is 2.96. The molecule has 3 rings (SSSR count). The fourth-order valence-corrected chi connectivity index (χ4v) is 3.43. The number of hydrogen-bond donors (Lipinski definition) is 1. The summed E-state index contributed by atoms with van der Waals surface area (Å²) in [6.45, 7) is 4.10. The van der Waals surface area contributed by atoms with Gasteiger partial charge in [-0.15, -0.1) is 11.3 Å². The highest BCUT2D eigenvalue weighted by Gasteiger charge is 2.21.